The number of amides is 1. The minimum atomic E-state index is -0.534. The van der Waals surface area contributed by atoms with Crippen LogP contribution < -0.4 is 4.90 Å². The first-order chi connectivity index (χ1) is 9.09. The van der Waals surface area contributed by atoms with E-state index in [1.165, 1.54) is 16.2 Å². The molecule has 0 saturated heterocycles. The summed E-state index contributed by atoms with van der Waals surface area (Å²) >= 11 is 11.0. The number of hydrogen-bond acceptors (Lipinski definition) is 3. The second-order valence-corrected chi connectivity index (χ2v) is 6.31. The van der Waals surface area contributed by atoms with Crippen molar-refractivity contribution in [2.45, 2.75) is 6.54 Å². The summed E-state index contributed by atoms with van der Waals surface area (Å²) in [5.74, 6) is -1.06. The number of rotatable bonds is 2. The minimum Gasteiger partial charge on any atom is -0.299 e. The molecule has 0 bridgehead atoms. The molecule has 0 N–H and O–H groups in total. The van der Waals surface area contributed by atoms with Crippen LogP contribution in [0.1, 0.15) is 15.2 Å². The summed E-state index contributed by atoms with van der Waals surface area (Å²) in [6, 6.07) is 7.02. The second kappa shape index (κ2) is 4.74. The second-order valence-electron chi connectivity index (χ2n) is 4.05. The first kappa shape index (κ1) is 12.8. The molecule has 1 aliphatic heterocycles. The third kappa shape index (κ3) is 2.02. The molecular formula is C13H7BrClNO2S. The van der Waals surface area contributed by atoms with Gasteiger partial charge in [-0.3, -0.25) is 14.5 Å². The molecule has 0 aliphatic carbocycles. The molecule has 1 aliphatic rings. The van der Waals surface area contributed by atoms with Crippen molar-refractivity contribution in [3.8, 4) is 0 Å². The highest BCUT2D eigenvalue weighted by atomic mass is 79.9. The van der Waals surface area contributed by atoms with E-state index in [0.29, 0.717) is 22.8 Å². The number of halogens is 2. The third-order valence-electron chi connectivity index (χ3n) is 2.94. The zero-order valence-electron chi connectivity index (χ0n) is 9.52. The van der Waals surface area contributed by atoms with Crippen LogP contribution in [0.15, 0.2) is 34.1 Å². The minimum absolute atomic E-state index is 0.307. The number of hydrogen-bond donors (Lipinski definition) is 0. The van der Waals surface area contributed by atoms with Gasteiger partial charge in [-0.05, 0) is 39.5 Å². The zero-order chi connectivity index (χ0) is 13.6. The van der Waals surface area contributed by atoms with Crippen LogP contribution in [0.25, 0.3) is 0 Å². The Hall–Kier alpha value is -1.17. The number of fused-ring (bicyclic) bond motifs is 1. The Morgan fingerprint density at radius 3 is 2.74 bits per heavy atom. The van der Waals surface area contributed by atoms with Crippen LogP contribution in [0.4, 0.5) is 5.69 Å². The van der Waals surface area contributed by atoms with Crippen LogP contribution in [0.2, 0.25) is 5.02 Å². The number of Topliss-reactive ketones (excluding diaryl/α,β-unsaturated/α-hetero) is 1. The maximum atomic E-state index is 12.1. The standard InChI is InChI=1S/C13H7BrClNO2S/c14-7-4-5-19-10(7)6-16-9-3-1-2-8(15)11(9)12(17)13(16)18/h1-5H,6H2. The maximum Gasteiger partial charge on any atom is 0.299 e. The Labute approximate surface area is 126 Å². The molecule has 0 fully saturated rings. The fraction of sp³-hybridized carbons (Fsp3) is 0.0769. The molecule has 1 aromatic heterocycles. The van der Waals surface area contributed by atoms with Gasteiger partial charge in [-0.2, -0.15) is 0 Å². The van der Waals surface area contributed by atoms with E-state index in [4.69, 9.17) is 11.6 Å². The fourth-order valence-corrected chi connectivity index (χ4v) is 3.76. The van der Waals surface area contributed by atoms with Gasteiger partial charge in [-0.15, -0.1) is 11.3 Å². The highest BCUT2D eigenvalue weighted by molar-refractivity contribution is 9.10. The van der Waals surface area contributed by atoms with Crippen LogP contribution >= 0.6 is 38.9 Å². The zero-order valence-corrected chi connectivity index (χ0v) is 12.7. The molecule has 3 rings (SSSR count). The average Bonchev–Trinajstić information content (AvgIpc) is 2.89. The smallest absolute Gasteiger partial charge is 0.299 e. The predicted molar refractivity (Wildman–Crippen MR) is 79.0 cm³/mol. The molecule has 2 heterocycles. The van der Waals surface area contributed by atoms with Gasteiger partial charge in [0.05, 0.1) is 22.8 Å². The lowest BCUT2D eigenvalue weighted by Gasteiger charge is -2.15. The van der Waals surface area contributed by atoms with Crippen LogP contribution in [0, 0.1) is 0 Å². The Morgan fingerprint density at radius 1 is 1.26 bits per heavy atom. The first-order valence-corrected chi connectivity index (χ1v) is 7.51. The Morgan fingerprint density at radius 2 is 2.05 bits per heavy atom. The summed E-state index contributed by atoms with van der Waals surface area (Å²) in [5.41, 5.74) is 0.893. The van der Waals surface area contributed by atoms with E-state index in [-0.39, 0.29) is 0 Å². The number of ketones is 1. The molecule has 96 valence electrons. The summed E-state index contributed by atoms with van der Waals surface area (Å²) in [6.45, 7) is 0.371. The van der Waals surface area contributed by atoms with Crippen molar-refractivity contribution in [1.29, 1.82) is 0 Å². The van der Waals surface area contributed by atoms with Gasteiger partial charge in [0.1, 0.15) is 0 Å². The number of carbonyl (C=O) groups is 2. The average molecular weight is 357 g/mol. The third-order valence-corrected chi connectivity index (χ3v) is 5.17. The molecule has 1 amide bonds. The van der Waals surface area contributed by atoms with Gasteiger partial charge in [-0.25, -0.2) is 0 Å². The van der Waals surface area contributed by atoms with Crippen molar-refractivity contribution in [3.05, 3.63) is 49.6 Å². The van der Waals surface area contributed by atoms with Crippen LogP contribution in [-0.4, -0.2) is 11.7 Å². The van der Waals surface area contributed by atoms with Gasteiger partial charge in [0.2, 0.25) is 0 Å². The van der Waals surface area contributed by atoms with Crippen molar-refractivity contribution in [3.63, 3.8) is 0 Å². The lowest BCUT2D eigenvalue weighted by molar-refractivity contribution is -0.114. The number of nitrogens with zero attached hydrogens (tertiary/aromatic N) is 1. The van der Waals surface area contributed by atoms with Gasteiger partial charge >= 0.3 is 0 Å². The van der Waals surface area contributed by atoms with E-state index < -0.39 is 11.7 Å². The van der Waals surface area contributed by atoms with E-state index in [1.54, 1.807) is 18.2 Å². The van der Waals surface area contributed by atoms with E-state index in [2.05, 4.69) is 15.9 Å². The number of carbonyl (C=O) groups excluding carboxylic acids is 2. The van der Waals surface area contributed by atoms with Crippen LogP contribution in [0.3, 0.4) is 0 Å². The molecule has 0 atom stereocenters. The Bertz CT molecular complexity index is 698. The first-order valence-electron chi connectivity index (χ1n) is 5.46. The summed E-state index contributed by atoms with van der Waals surface area (Å²) in [6.07, 6.45) is 0. The fourth-order valence-electron chi connectivity index (χ4n) is 2.04. The largest absolute Gasteiger partial charge is 0.299 e. The highest BCUT2D eigenvalue weighted by Gasteiger charge is 2.37. The molecular weight excluding hydrogens is 350 g/mol. The SMILES string of the molecule is O=C1C(=O)N(Cc2sccc2Br)c2cccc(Cl)c21. The summed E-state index contributed by atoms with van der Waals surface area (Å²) in [4.78, 5) is 26.5. The molecule has 2 aromatic rings. The Kier molecular flexibility index (Phi) is 3.20. The van der Waals surface area contributed by atoms with Crippen molar-refractivity contribution >= 4 is 56.2 Å². The van der Waals surface area contributed by atoms with E-state index in [9.17, 15) is 9.59 Å². The van der Waals surface area contributed by atoms with Gasteiger partial charge in [0.15, 0.2) is 0 Å². The molecule has 0 unspecified atom stereocenters. The molecule has 19 heavy (non-hydrogen) atoms. The lowest BCUT2D eigenvalue weighted by Crippen LogP contribution is -2.28. The molecule has 0 saturated carbocycles. The quantitative estimate of drug-likeness (QED) is 0.766. The summed E-state index contributed by atoms with van der Waals surface area (Å²) in [7, 11) is 0. The van der Waals surface area contributed by atoms with E-state index in [1.807, 2.05) is 11.4 Å². The van der Waals surface area contributed by atoms with Crippen molar-refractivity contribution in [2.24, 2.45) is 0 Å². The number of anilines is 1. The normalized spacial score (nSPS) is 14.1. The molecule has 1 aromatic carbocycles. The highest BCUT2D eigenvalue weighted by Crippen LogP contribution is 2.36. The topological polar surface area (TPSA) is 37.4 Å². The number of thiophene rings is 1. The summed E-state index contributed by atoms with van der Waals surface area (Å²) in [5, 5.41) is 2.25. The molecule has 3 nitrogen and oxygen atoms in total. The molecule has 0 spiro atoms. The lowest BCUT2D eigenvalue weighted by atomic mass is 10.1. The predicted octanol–water partition coefficient (Wildman–Crippen LogP) is 3.89. The molecule has 6 heteroatoms. The summed E-state index contributed by atoms with van der Waals surface area (Å²) < 4.78 is 0.938. The van der Waals surface area contributed by atoms with E-state index >= 15 is 0 Å². The van der Waals surface area contributed by atoms with Gasteiger partial charge in [0, 0.05) is 9.35 Å². The maximum absolute atomic E-state index is 12.1. The van der Waals surface area contributed by atoms with Crippen LogP contribution in [-0.2, 0) is 11.3 Å². The molecule has 0 radical (unpaired) electrons. The van der Waals surface area contributed by atoms with Gasteiger partial charge < -0.3 is 0 Å². The van der Waals surface area contributed by atoms with Crippen molar-refractivity contribution in [2.75, 3.05) is 4.90 Å². The Balaban J connectivity index is 2.05. The number of benzene rings is 1. The van der Waals surface area contributed by atoms with Crippen molar-refractivity contribution < 1.29 is 9.59 Å². The van der Waals surface area contributed by atoms with E-state index in [0.717, 1.165) is 9.35 Å². The monoisotopic (exact) mass is 355 g/mol. The van der Waals surface area contributed by atoms with Gasteiger partial charge in [-0.1, -0.05) is 17.7 Å². The van der Waals surface area contributed by atoms with Crippen molar-refractivity contribution in [1.82, 2.24) is 0 Å². The van der Waals surface area contributed by atoms with Crippen LogP contribution in [0.5, 0.6) is 0 Å². The van der Waals surface area contributed by atoms with Gasteiger partial charge in [0.25, 0.3) is 11.7 Å².